The molecule has 0 spiro atoms. The van der Waals surface area contributed by atoms with Gasteiger partial charge < -0.3 is 9.84 Å². The van der Waals surface area contributed by atoms with Crippen LogP contribution in [0.1, 0.15) is 71.3 Å². The highest BCUT2D eigenvalue weighted by Gasteiger charge is 2.18. The molecule has 0 bridgehead atoms. The van der Waals surface area contributed by atoms with E-state index in [-0.39, 0.29) is 17.4 Å². The largest absolute Gasteiger partial charge is 0.505 e. The molecule has 3 heteroatoms. The summed E-state index contributed by atoms with van der Waals surface area (Å²) >= 11 is 0. The van der Waals surface area contributed by atoms with Gasteiger partial charge in [0.25, 0.3) is 0 Å². The van der Waals surface area contributed by atoms with Crippen LogP contribution in [0, 0.1) is 11.7 Å². The maximum atomic E-state index is 14.1. The molecule has 0 saturated carbocycles. The number of allylic oxidation sites excluding steroid dienone is 2. The SMILES string of the molecule is CCC/C=C/C(CC)CC[C@H](C)c1ccc(OCC)c(F)c1O. The third kappa shape index (κ3) is 5.89. The van der Waals surface area contributed by atoms with Crippen molar-refractivity contribution in [3.63, 3.8) is 0 Å². The summed E-state index contributed by atoms with van der Waals surface area (Å²) in [4.78, 5) is 0. The summed E-state index contributed by atoms with van der Waals surface area (Å²) in [5, 5.41) is 10.1. The van der Waals surface area contributed by atoms with Crippen LogP contribution < -0.4 is 4.74 Å². The van der Waals surface area contributed by atoms with Crippen molar-refractivity contribution in [3.8, 4) is 11.5 Å². The van der Waals surface area contributed by atoms with Crippen LogP contribution in [-0.2, 0) is 0 Å². The van der Waals surface area contributed by atoms with Gasteiger partial charge in [0.1, 0.15) is 0 Å². The zero-order valence-corrected chi connectivity index (χ0v) is 14.9. The monoisotopic (exact) mass is 322 g/mol. The molecule has 130 valence electrons. The van der Waals surface area contributed by atoms with Crippen molar-refractivity contribution in [2.75, 3.05) is 6.61 Å². The number of hydrogen-bond donors (Lipinski definition) is 1. The molecule has 0 fully saturated rings. The molecule has 2 nitrogen and oxygen atoms in total. The first-order chi connectivity index (χ1) is 11.0. The Balaban J connectivity index is 2.70. The van der Waals surface area contributed by atoms with Gasteiger partial charge in [-0.15, -0.1) is 0 Å². The van der Waals surface area contributed by atoms with Crippen LogP contribution in [0.4, 0.5) is 4.39 Å². The molecule has 0 aliphatic heterocycles. The molecule has 0 heterocycles. The zero-order valence-electron chi connectivity index (χ0n) is 14.9. The Morgan fingerprint density at radius 2 is 1.96 bits per heavy atom. The van der Waals surface area contributed by atoms with Gasteiger partial charge in [-0.1, -0.05) is 45.4 Å². The molecule has 0 amide bonds. The minimum atomic E-state index is -0.647. The first-order valence-electron chi connectivity index (χ1n) is 8.85. The van der Waals surface area contributed by atoms with E-state index >= 15 is 0 Å². The van der Waals surface area contributed by atoms with Crippen molar-refractivity contribution in [2.45, 2.75) is 65.7 Å². The summed E-state index contributed by atoms with van der Waals surface area (Å²) < 4.78 is 19.3. The van der Waals surface area contributed by atoms with Crippen molar-refractivity contribution in [2.24, 2.45) is 5.92 Å². The molecule has 0 aliphatic rings. The normalized spacial score (nSPS) is 14.1. The predicted octanol–water partition coefficient (Wildman–Crippen LogP) is 6.20. The molecule has 1 unspecified atom stereocenters. The number of phenolic OH excluding ortho intramolecular Hbond substituents is 1. The molecule has 0 radical (unpaired) electrons. The summed E-state index contributed by atoms with van der Waals surface area (Å²) in [6, 6.07) is 3.39. The Morgan fingerprint density at radius 1 is 1.22 bits per heavy atom. The molecular formula is C20H31FO2. The van der Waals surface area contributed by atoms with E-state index in [1.807, 2.05) is 6.92 Å². The summed E-state index contributed by atoms with van der Waals surface area (Å²) in [6.07, 6.45) is 9.93. The average Bonchev–Trinajstić information content (AvgIpc) is 2.55. The molecule has 0 saturated heterocycles. The second-order valence-corrected chi connectivity index (χ2v) is 6.11. The van der Waals surface area contributed by atoms with Crippen LogP contribution in [-0.4, -0.2) is 11.7 Å². The predicted molar refractivity (Wildman–Crippen MR) is 94.7 cm³/mol. The fourth-order valence-corrected chi connectivity index (χ4v) is 2.74. The lowest BCUT2D eigenvalue weighted by atomic mass is 9.89. The van der Waals surface area contributed by atoms with E-state index in [1.165, 1.54) is 6.42 Å². The van der Waals surface area contributed by atoms with Gasteiger partial charge in [0.05, 0.1) is 6.61 Å². The highest BCUT2D eigenvalue weighted by atomic mass is 19.1. The number of hydrogen-bond acceptors (Lipinski definition) is 2. The van der Waals surface area contributed by atoms with Gasteiger partial charge >= 0.3 is 0 Å². The maximum Gasteiger partial charge on any atom is 0.206 e. The standard InChI is InChI=1S/C20H31FO2/c1-5-8-9-10-16(6-2)12-11-15(4)17-13-14-18(23-7-3)19(21)20(17)22/h9-10,13-16,22H,5-8,11-12H2,1-4H3/b10-9+/t15-,16?/m0/s1. The van der Waals surface area contributed by atoms with Crippen molar-refractivity contribution in [1.29, 1.82) is 0 Å². The van der Waals surface area contributed by atoms with Crippen LogP contribution in [0.15, 0.2) is 24.3 Å². The van der Waals surface area contributed by atoms with Crippen molar-refractivity contribution in [3.05, 3.63) is 35.7 Å². The van der Waals surface area contributed by atoms with Crippen molar-refractivity contribution < 1.29 is 14.2 Å². The average molecular weight is 322 g/mol. The van der Waals surface area contributed by atoms with Gasteiger partial charge in [-0.3, -0.25) is 0 Å². The van der Waals surface area contributed by atoms with Crippen LogP contribution in [0.2, 0.25) is 0 Å². The first-order valence-corrected chi connectivity index (χ1v) is 8.85. The second-order valence-electron chi connectivity index (χ2n) is 6.11. The van der Waals surface area contributed by atoms with Crippen LogP contribution in [0.3, 0.4) is 0 Å². The molecule has 1 aromatic rings. The Kier molecular flexibility index (Phi) is 8.75. The number of rotatable bonds is 10. The lowest BCUT2D eigenvalue weighted by Gasteiger charge is -2.18. The van der Waals surface area contributed by atoms with Crippen LogP contribution in [0.5, 0.6) is 11.5 Å². The molecule has 0 aliphatic carbocycles. The lowest BCUT2D eigenvalue weighted by molar-refractivity contribution is 0.311. The Morgan fingerprint density at radius 3 is 2.57 bits per heavy atom. The molecule has 1 aromatic carbocycles. The number of ether oxygens (including phenoxy) is 1. The van der Waals surface area contributed by atoms with E-state index in [9.17, 15) is 9.50 Å². The Labute approximate surface area is 140 Å². The first kappa shape index (κ1) is 19.5. The van der Waals surface area contributed by atoms with E-state index < -0.39 is 5.82 Å². The Hall–Kier alpha value is -1.51. The van der Waals surface area contributed by atoms with Gasteiger partial charge in [0.2, 0.25) is 5.82 Å². The summed E-state index contributed by atoms with van der Waals surface area (Å²) in [5.41, 5.74) is 0.665. The van der Waals surface area contributed by atoms with Crippen LogP contribution >= 0.6 is 0 Å². The van der Waals surface area contributed by atoms with Crippen molar-refractivity contribution >= 4 is 0 Å². The number of aromatic hydroxyl groups is 1. The smallest absolute Gasteiger partial charge is 0.206 e. The number of halogens is 1. The van der Waals surface area contributed by atoms with Gasteiger partial charge in [-0.25, -0.2) is 0 Å². The van der Waals surface area contributed by atoms with Gasteiger partial charge in [0, 0.05) is 5.56 Å². The molecule has 1 rings (SSSR count). The van der Waals surface area contributed by atoms with E-state index in [4.69, 9.17) is 4.74 Å². The van der Waals surface area contributed by atoms with Gasteiger partial charge in [-0.05, 0) is 50.5 Å². The maximum absolute atomic E-state index is 14.1. The quantitative estimate of drug-likeness (QED) is 0.520. The minimum Gasteiger partial charge on any atom is -0.505 e. The van der Waals surface area contributed by atoms with Crippen molar-refractivity contribution in [1.82, 2.24) is 0 Å². The minimum absolute atomic E-state index is 0.119. The number of unbranched alkanes of at least 4 members (excludes halogenated alkanes) is 1. The molecule has 1 N–H and O–H groups in total. The fourth-order valence-electron chi connectivity index (χ4n) is 2.74. The zero-order chi connectivity index (χ0) is 17.2. The summed E-state index contributed by atoms with van der Waals surface area (Å²) in [5.74, 6) is -0.119. The van der Waals surface area contributed by atoms with Gasteiger partial charge in [-0.2, -0.15) is 4.39 Å². The van der Waals surface area contributed by atoms with E-state index in [2.05, 4.69) is 26.0 Å². The van der Waals surface area contributed by atoms with Gasteiger partial charge in [0.15, 0.2) is 11.5 Å². The van der Waals surface area contributed by atoms with E-state index in [0.717, 1.165) is 25.7 Å². The number of benzene rings is 1. The van der Waals surface area contributed by atoms with E-state index in [1.54, 1.807) is 19.1 Å². The lowest BCUT2D eigenvalue weighted by Crippen LogP contribution is -2.02. The third-order valence-corrected chi connectivity index (χ3v) is 4.30. The molecule has 2 atom stereocenters. The highest BCUT2D eigenvalue weighted by Crippen LogP contribution is 2.36. The highest BCUT2D eigenvalue weighted by molar-refractivity contribution is 5.43. The Bertz CT molecular complexity index is 497. The fraction of sp³-hybridized carbons (Fsp3) is 0.600. The summed E-state index contributed by atoms with van der Waals surface area (Å²) in [6.45, 7) is 8.59. The summed E-state index contributed by atoms with van der Waals surface area (Å²) in [7, 11) is 0. The molecular weight excluding hydrogens is 291 g/mol. The number of phenols is 1. The molecule has 23 heavy (non-hydrogen) atoms. The second kappa shape index (κ2) is 10.3. The topological polar surface area (TPSA) is 29.5 Å². The third-order valence-electron chi connectivity index (χ3n) is 4.30. The van der Waals surface area contributed by atoms with E-state index in [0.29, 0.717) is 18.1 Å². The molecule has 0 aromatic heterocycles. The van der Waals surface area contributed by atoms with Crippen LogP contribution in [0.25, 0.3) is 0 Å².